The quantitative estimate of drug-likeness (QED) is 0.717. The second-order valence-electron chi connectivity index (χ2n) is 6.53. The molecular weight excluding hydrogens is 326 g/mol. The average Bonchev–Trinajstić information content (AvgIpc) is 2.72. The van der Waals surface area contributed by atoms with Crippen LogP contribution in [0.3, 0.4) is 0 Å². The highest BCUT2D eigenvalue weighted by molar-refractivity contribution is 5.75. The van der Waals surface area contributed by atoms with Gasteiger partial charge in [-0.05, 0) is 17.7 Å². The molecule has 0 amide bonds. The Hall–Kier alpha value is -3.08. The first-order valence-corrected chi connectivity index (χ1v) is 8.90. The molecule has 1 aliphatic rings. The minimum Gasteiger partial charge on any atom is -0.376 e. The van der Waals surface area contributed by atoms with Crippen molar-refractivity contribution in [1.29, 1.82) is 0 Å². The number of nitrogens with zero attached hydrogens (tertiary/aromatic N) is 2. The summed E-state index contributed by atoms with van der Waals surface area (Å²) in [6, 6.07) is 20.1. The van der Waals surface area contributed by atoms with Gasteiger partial charge in [-0.1, -0.05) is 48.5 Å². The summed E-state index contributed by atoms with van der Waals surface area (Å²) in [4.78, 5) is 28.5. The molecule has 1 heterocycles. The second kappa shape index (κ2) is 7.04. The van der Waals surface area contributed by atoms with Crippen LogP contribution in [0.25, 0.3) is 0 Å². The number of benzene rings is 2. The van der Waals surface area contributed by atoms with Crippen LogP contribution in [0.2, 0.25) is 0 Å². The summed E-state index contributed by atoms with van der Waals surface area (Å²) < 4.78 is 0. The molecule has 1 aliphatic heterocycles. The van der Waals surface area contributed by atoms with Crippen molar-refractivity contribution in [3.05, 3.63) is 86.7 Å². The Morgan fingerprint density at radius 2 is 1.31 bits per heavy atom. The van der Waals surface area contributed by atoms with E-state index in [4.69, 9.17) is 0 Å². The molecule has 1 N–H and O–H groups in total. The van der Waals surface area contributed by atoms with Gasteiger partial charge in [-0.25, -0.2) is 0 Å². The molecule has 5 nitrogen and oxygen atoms in total. The molecule has 3 aromatic carbocycles. The molecule has 0 aliphatic carbocycles. The number of nitrogens with one attached hydrogen (secondary N) is 1. The Labute approximate surface area is 152 Å². The number of hydrogen-bond acceptors (Lipinski definition) is 5. The maximum atomic E-state index is 12.1. The highest BCUT2D eigenvalue weighted by atomic mass is 16.2. The van der Waals surface area contributed by atoms with Crippen molar-refractivity contribution < 1.29 is 0 Å². The van der Waals surface area contributed by atoms with Gasteiger partial charge in [0.05, 0.1) is 0 Å². The molecule has 3 aromatic rings. The van der Waals surface area contributed by atoms with Crippen LogP contribution in [0.1, 0.15) is 5.56 Å². The summed E-state index contributed by atoms with van der Waals surface area (Å²) in [7, 11) is 0. The Balaban J connectivity index is 1.43. The van der Waals surface area contributed by atoms with Crippen LogP contribution in [-0.4, -0.2) is 26.2 Å². The lowest BCUT2D eigenvalue weighted by atomic mass is 10.1. The van der Waals surface area contributed by atoms with E-state index in [9.17, 15) is 9.59 Å². The van der Waals surface area contributed by atoms with Crippen LogP contribution < -0.4 is 26.0 Å². The minimum atomic E-state index is -0.401. The van der Waals surface area contributed by atoms with Gasteiger partial charge in [0.1, 0.15) is 11.4 Å². The largest absolute Gasteiger partial charge is 0.376 e. The van der Waals surface area contributed by atoms with E-state index in [0.29, 0.717) is 17.9 Å². The van der Waals surface area contributed by atoms with Gasteiger partial charge in [-0.3, -0.25) is 9.59 Å². The van der Waals surface area contributed by atoms with Crippen molar-refractivity contribution in [1.82, 2.24) is 0 Å². The summed E-state index contributed by atoms with van der Waals surface area (Å²) in [5.41, 5.74) is 2.53. The van der Waals surface area contributed by atoms with Gasteiger partial charge in [0.15, 0.2) is 0 Å². The van der Waals surface area contributed by atoms with Gasteiger partial charge in [-0.2, -0.15) is 0 Å². The van der Waals surface area contributed by atoms with Crippen molar-refractivity contribution in [2.75, 3.05) is 41.3 Å². The maximum absolute atomic E-state index is 12.1. The van der Waals surface area contributed by atoms with E-state index in [0.717, 1.165) is 31.7 Å². The molecule has 0 unspecified atom stereocenters. The molecule has 0 saturated carbocycles. The highest BCUT2D eigenvalue weighted by Crippen LogP contribution is 2.24. The molecule has 0 atom stereocenters. The van der Waals surface area contributed by atoms with E-state index in [-0.39, 0.29) is 5.43 Å². The van der Waals surface area contributed by atoms with Crippen molar-refractivity contribution in [3.8, 4) is 0 Å². The second-order valence-corrected chi connectivity index (χ2v) is 6.53. The van der Waals surface area contributed by atoms with E-state index in [1.165, 1.54) is 5.69 Å². The molecule has 0 spiro atoms. The fourth-order valence-electron chi connectivity index (χ4n) is 3.46. The first-order valence-electron chi connectivity index (χ1n) is 8.90. The third-order valence-corrected chi connectivity index (χ3v) is 4.91. The van der Waals surface area contributed by atoms with Gasteiger partial charge in [0.25, 0.3) is 10.9 Å². The zero-order valence-corrected chi connectivity index (χ0v) is 14.5. The van der Waals surface area contributed by atoms with E-state index in [1.54, 1.807) is 0 Å². The van der Waals surface area contributed by atoms with E-state index >= 15 is 0 Å². The number of piperazine rings is 1. The summed E-state index contributed by atoms with van der Waals surface area (Å²) in [5.74, 6) is 0. The SMILES string of the molecule is O=c1c(NCc2ccccc2)c(N2CCN(c3ccccc3)CC2)c1=O. The van der Waals surface area contributed by atoms with Gasteiger partial charge in [-0.15, -0.1) is 0 Å². The predicted octanol–water partition coefficient (Wildman–Crippen LogP) is 2.22. The molecule has 1 fully saturated rings. The lowest BCUT2D eigenvalue weighted by molar-refractivity contribution is 0.650. The van der Waals surface area contributed by atoms with E-state index < -0.39 is 5.43 Å². The van der Waals surface area contributed by atoms with E-state index in [2.05, 4.69) is 22.3 Å². The predicted molar refractivity (Wildman–Crippen MR) is 106 cm³/mol. The van der Waals surface area contributed by atoms with Gasteiger partial charge >= 0.3 is 0 Å². The van der Waals surface area contributed by atoms with Crippen LogP contribution in [0.4, 0.5) is 17.1 Å². The highest BCUT2D eigenvalue weighted by Gasteiger charge is 2.28. The summed E-state index contributed by atoms with van der Waals surface area (Å²) >= 11 is 0. The zero-order valence-electron chi connectivity index (χ0n) is 14.5. The molecule has 5 heteroatoms. The normalized spacial score (nSPS) is 14.6. The smallest absolute Gasteiger partial charge is 0.253 e. The Morgan fingerprint density at radius 3 is 1.96 bits per heavy atom. The average molecular weight is 347 g/mol. The summed E-state index contributed by atoms with van der Waals surface area (Å²) in [5, 5.41) is 3.16. The Bertz CT molecular complexity index is 939. The topological polar surface area (TPSA) is 52.7 Å². The van der Waals surface area contributed by atoms with Crippen molar-refractivity contribution in [2.24, 2.45) is 0 Å². The van der Waals surface area contributed by atoms with Gasteiger partial charge in [0, 0.05) is 38.4 Å². The molecule has 0 radical (unpaired) electrons. The molecule has 132 valence electrons. The molecule has 1 saturated heterocycles. The monoisotopic (exact) mass is 347 g/mol. The lowest BCUT2D eigenvalue weighted by Gasteiger charge is -2.38. The molecule has 26 heavy (non-hydrogen) atoms. The Kier molecular flexibility index (Phi) is 4.44. The summed E-state index contributed by atoms with van der Waals surface area (Å²) in [6.07, 6.45) is 0. The maximum Gasteiger partial charge on any atom is 0.253 e. The number of rotatable bonds is 5. The van der Waals surface area contributed by atoms with Crippen LogP contribution in [0.15, 0.2) is 70.3 Å². The van der Waals surface area contributed by atoms with Crippen LogP contribution in [0.5, 0.6) is 0 Å². The molecule has 4 rings (SSSR count). The Morgan fingerprint density at radius 1 is 0.731 bits per heavy atom. The lowest BCUT2D eigenvalue weighted by Crippen LogP contribution is -2.51. The first kappa shape index (κ1) is 16.4. The van der Waals surface area contributed by atoms with Crippen molar-refractivity contribution >= 4 is 17.1 Å². The zero-order chi connectivity index (χ0) is 17.9. The fraction of sp³-hybridized carbons (Fsp3) is 0.238. The molecule has 0 aromatic heterocycles. The molecular formula is C21H21N3O2. The standard InChI is InChI=1S/C21H21N3O2/c25-20-18(22-15-16-7-3-1-4-8-16)19(21(20)26)24-13-11-23(12-14-24)17-9-5-2-6-10-17/h1-10,22H,11-15H2. The third-order valence-electron chi connectivity index (χ3n) is 4.91. The van der Waals surface area contributed by atoms with Crippen LogP contribution in [0, 0.1) is 0 Å². The third kappa shape index (κ3) is 3.08. The first-order chi connectivity index (χ1) is 12.7. The van der Waals surface area contributed by atoms with Crippen molar-refractivity contribution in [3.63, 3.8) is 0 Å². The number of para-hydroxylation sites is 1. The van der Waals surface area contributed by atoms with E-state index in [1.807, 2.05) is 53.4 Å². The van der Waals surface area contributed by atoms with Crippen LogP contribution in [-0.2, 0) is 6.54 Å². The minimum absolute atomic E-state index is 0.367. The van der Waals surface area contributed by atoms with Gasteiger partial charge in [0.2, 0.25) is 0 Å². The van der Waals surface area contributed by atoms with Gasteiger partial charge < -0.3 is 15.1 Å². The van der Waals surface area contributed by atoms with Crippen molar-refractivity contribution in [2.45, 2.75) is 6.54 Å². The van der Waals surface area contributed by atoms with Crippen LogP contribution >= 0.6 is 0 Å². The molecule has 0 bridgehead atoms. The fourth-order valence-corrected chi connectivity index (χ4v) is 3.46. The number of hydrogen-bond donors (Lipinski definition) is 1. The summed E-state index contributed by atoms with van der Waals surface area (Å²) in [6.45, 7) is 3.68. The number of anilines is 3.